The molecule has 4 N–H and O–H groups in total. The van der Waals surface area contributed by atoms with Gasteiger partial charge in [-0.3, -0.25) is 14.9 Å². The van der Waals surface area contributed by atoms with Crippen LogP contribution in [0.25, 0.3) is 0 Å². The normalized spacial score (nSPS) is 10.3. The van der Waals surface area contributed by atoms with Crippen molar-refractivity contribution in [1.29, 1.82) is 0 Å². The Balaban J connectivity index is 2.61. The van der Waals surface area contributed by atoms with Crippen LogP contribution >= 0.6 is 23.2 Å². The van der Waals surface area contributed by atoms with E-state index in [1.165, 1.54) is 0 Å². The van der Waals surface area contributed by atoms with Crippen molar-refractivity contribution in [3.63, 3.8) is 0 Å². The minimum Gasteiger partial charge on any atom is -0.478 e. The average Bonchev–Trinajstić information content (AvgIpc) is 2.54. The van der Waals surface area contributed by atoms with Crippen LogP contribution in [0.2, 0.25) is 10.0 Å². The number of amides is 4. The number of urea groups is 1. The van der Waals surface area contributed by atoms with Crippen molar-refractivity contribution < 1.29 is 24.3 Å². The third-order valence-electron chi connectivity index (χ3n) is 3.21. The van der Waals surface area contributed by atoms with Gasteiger partial charge >= 0.3 is 12.0 Å². The van der Waals surface area contributed by atoms with Gasteiger partial charge in [-0.25, -0.2) is 9.59 Å². The molecule has 8 nitrogen and oxygen atoms in total. The first kappa shape index (κ1) is 21.7. The predicted octanol–water partition coefficient (Wildman–Crippen LogP) is 2.29. The summed E-state index contributed by atoms with van der Waals surface area (Å²) in [6.45, 7) is 3.88. The fraction of sp³-hybridized carbons (Fsp3) is 0.375. The molecule has 142 valence electrons. The molecule has 0 spiro atoms. The number of hydrogen-bond donors (Lipinski definition) is 4. The summed E-state index contributed by atoms with van der Waals surface area (Å²) in [6.07, 6.45) is 0.758. The molecule has 0 heterocycles. The van der Waals surface area contributed by atoms with Crippen molar-refractivity contribution >= 4 is 47.0 Å². The van der Waals surface area contributed by atoms with Crippen LogP contribution in [-0.4, -0.2) is 42.0 Å². The number of carboxylic acid groups (broad SMARTS) is 1. The zero-order chi connectivity index (χ0) is 19.9. The summed E-state index contributed by atoms with van der Waals surface area (Å²) in [5.41, 5.74) is -0.607. The summed E-state index contributed by atoms with van der Waals surface area (Å²) in [4.78, 5) is 46.5. The fourth-order valence-corrected chi connectivity index (χ4v) is 2.18. The van der Waals surface area contributed by atoms with E-state index in [1.54, 1.807) is 0 Å². The molecule has 0 aliphatic heterocycles. The lowest BCUT2D eigenvalue weighted by Gasteiger charge is -2.10. The van der Waals surface area contributed by atoms with Gasteiger partial charge in [0, 0.05) is 6.54 Å². The van der Waals surface area contributed by atoms with Gasteiger partial charge in [-0.05, 0) is 24.5 Å². The lowest BCUT2D eigenvalue weighted by molar-refractivity contribution is -0.119. The van der Waals surface area contributed by atoms with Crippen LogP contribution in [-0.2, 0) is 4.79 Å². The molecule has 0 fully saturated rings. The molecule has 0 bridgehead atoms. The topological polar surface area (TPSA) is 125 Å². The number of benzene rings is 1. The van der Waals surface area contributed by atoms with Gasteiger partial charge in [0.1, 0.15) is 0 Å². The van der Waals surface area contributed by atoms with Gasteiger partial charge in [-0.2, -0.15) is 0 Å². The first-order valence-corrected chi connectivity index (χ1v) is 8.45. The summed E-state index contributed by atoms with van der Waals surface area (Å²) in [7, 11) is 0. The highest BCUT2D eigenvalue weighted by atomic mass is 35.5. The van der Waals surface area contributed by atoms with Crippen LogP contribution in [0, 0.1) is 5.92 Å². The van der Waals surface area contributed by atoms with Crippen LogP contribution in [0.5, 0.6) is 0 Å². The van der Waals surface area contributed by atoms with Crippen LogP contribution in [0.15, 0.2) is 12.1 Å². The number of halogens is 2. The summed E-state index contributed by atoms with van der Waals surface area (Å²) in [6, 6.07) is 1.47. The van der Waals surface area contributed by atoms with E-state index in [2.05, 4.69) is 16.0 Å². The number of aromatic carboxylic acids is 1. The van der Waals surface area contributed by atoms with Crippen molar-refractivity contribution in [2.75, 3.05) is 13.1 Å². The van der Waals surface area contributed by atoms with Gasteiger partial charge in [-0.1, -0.05) is 37.0 Å². The molecule has 0 saturated heterocycles. The number of carboxylic acids is 1. The maximum Gasteiger partial charge on any atom is 0.336 e. The predicted molar refractivity (Wildman–Crippen MR) is 96.8 cm³/mol. The number of nitrogens with one attached hydrogen (secondary N) is 3. The Labute approximate surface area is 160 Å². The Morgan fingerprint density at radius 1 is 1.04 bits per heavy atom. The summed E-state index contributed by atoms with van der Waals surface area (Å²) < 4.78 is 0. The van der Waals surface area contributed by atoms with Crippen molar-refractivity contribution in [1.82, 2.24) is 16.0 Å². The van der Waals surface area contributed by atoms with Gasteiger partial charge in [0.2, 0.25) is 5.91 Å². The van der Waals surface area contributed by atoms with E-state index in [4.69, 9.17) is 28.3 Å². The van der Waals surface area contributed by atoms with Crippen molar-refractivity contribution in [3.05, 3.63) is 33.3 Å². The van der Waals surface area contributed by atoms with E-state index in [0.717, 1.165) is 18.6 Å². The van der Waals surface area contributed by atoms with Gasteiger partial charge in [-0.15, -0.1) is 0 Å². The monoisotopic (exact) mass is 403 g/mol. The molecule has 1 aromatic rings. The van der Waals surface area contributed by atoms with Crippen molar-refractivity contribution in [2.24, 2.45) is 5.92 Å². The van der Waals surface area contributed by atoms with Gasteiger partial charge in [0.05, 0.1) is 27.7 Å². The minimum atomic E-state index is -1.37. The third kappa shape index (κ3) is 6.89. The largest absolute Gasteiger partial charge is 0.478 e. The lowest BCUT2D eigenvalue weighted by Crippen LogP contribution is -2.44. The zero-order valence-electron chi connectivity index (χ0n) is 14.2. The molecular weight excluding hydrogens is 385 g/mol. The molecule has 0 radical (unpaired) electrons. The van der Waals surface area contributed by atoms with Gasteiger partial charge in [0.15, 0.2) is 0 Å². The summed E-state index contributed by atoms with van der Waals surface area (Å²) >= 11 is 11.5. The number of imide groups is 1. The van der Waals surface area contributed by atoms with Crippen molar-refractivity contribution in [3.8, 4) is 0 Å². The second-order valence-corrected chi connectivity index (χ2v) is 6.60. The summed E-state index contributed by atoms with van der Waals surface area (Å²) in [5, 5.41) is 15.9. The molecule has 1 rings (SSSR count). The second-order valence-electron chi connectivity index (χ2n) is 5.79. The fourth-order valence-electron chi connectivity index (χ4n) is 1.86. The Kier molecular flexibility index (Phi) is 8.34. The third-order valence-corrected chi connectivity index (χ3v) is 3.93. The van der Waals surface area contributed by atoms with Crippen molar-refractivity contribution in [2.45, 2.75) is 20.3 Å². The van der Waals surface area contributed by atoms with Gasteiger partial charge < -0.3 is 15.7 Å². The van der Waals surface area contributed by atoms with E-state index < -0.39 is 30.4 Å². The smallest absolute Gasteiger partial charge is 0.336 e. The quantitative estimate of drug-likeness (QED) is 0.555. The maximum atomic E-state index is 12.1. The van der Waals surface area contributed by atoms with E-state index in [-0.39, 0.29) is 21.2 Å². The molecule has 0 aromatic heterocycles. The minimum absolute atomic E-state index is 0.00389. The lowest BCUT2D eigenvalue weighted by atomic mass is 10.1. The number of rotatable bonds is 7. The van der Waals surface area contributed by atoms with E-state index in [9.17, 15) is 19.2 Å². The average molecular weight is 404 g/mol. The van der Waals surface area contributed by atoms with Crippen LogP contribution in [0.4, 0.5) is 4.79 Å². The van der Waals surface area contributed by atoms with E-state index >= 15 is 0 Å². The summed E-state index contributed by atoms with van der Waals surface area (Å²) in [5.74, 6) is -2.56. The molecule has 0 atom stereocenters. The molecule has 1 aromatic carbocycles. The maximum absolute atomic E-state index is 12.1. The van der Waals surface area contributed by atoms with Gasteiger partial charge in [0.25, 0.3) is 5.91 Å². The Hall–Kier alpha value is -2.32. The number of carbonyl (C=O) groups excluding carboxylic acids is 3. The second kappa shape index (κ2) is 9.98. The molecule has 26 heavy (non-hydrogen) atoms. The molecule has 4 amide bonds. The Morgan fingerprint density at radius 2 is 1.62 bits per heavy atom. The van der Waals surface area contributed by atoms with E-state index in [0.29, 0.717) is 12.5 Å². The first-order chi connectivity index (χ1) is 12.1. The molecule has 0 unspecified atom stereocenters. The first-order valence-electron chi connectivity index (χ1n) is 7.70. The highest BCUT2D eigenvalue weighted by Crippen LogP contribution is 2.26. The SMILES string of the molecule is CC(C)CCNC(=O)NC(=O)CNC(=O)c1cc(Cl)c(Cl)cc1C(=O)O. The molecule has 10 heteroatoms. The van der Waals surface area contributed by atoms with Crippen LogP contribution < -0.4 is 16.0 Å². The molecule has 0 saturated carbocycles. The highest BCUT2D eigenvalue weighted by molar-refractivity contribution is 6.42. The van der Waals surface area contributed by atoms with Crippen LogP contribution in [0.1, 0.15) is 41.0 Å². The highest BCUT2D eigenvalue weighted by Gasteiger charge is 2.20. The number of carbonyl (C=O) groups is 4. The molecule has 0 aliphatic carbocycles. The van der Waals surface area contributed by atoms with E-state index in [1.807, 2.05) is 13.8 Å². The Morgan fingerprint density at radius 3 is 2.15 bits per heavy atom. The van der Waals surface area contributed by atoms with Crippen LogP contribution in [0.3, 0.4) is 0 Å². The molecule has 0 aliphatic rings. The zero-order valence-corrected chi connectivity index (χ0v) is 15.7. The number of hydrogen-bond acceptors (Lipinski definition) is 4. The molecular formula is C16H19Cl2N3O5. The Bertz CT molecular complexity index is 722. The standard InChI is InChI=1S/C16H19Cl2N3O5/c1-8(2)3-4-19-16(26)21-13(22)7-20-14(23)9-5-11(17)12(18)6-10(9)15(24)25/h5-6,8H,3-4,7H2,1-2H3,(H,20,23)(H,24,25)(H2,19,21,22,26).